The molecule has 148 valence electrons. The van der Waals surface area contributed by atoms with E-state index in [1.54, 1.807) is 61.0 Å². The molecule has 0 fully saturated rings. The fraction of sp³-hybridized carbons (Fsp3) is 0.211. The molecule has 0 atom stereocenters. The minimum absolute atomic E-state index is 0.122. The van der Waals surface area contributed by atoms with Crippen LogP contribution in [0.2, 0.25) is 5.02 Å². The second-order valence-corrected chi connectivity index (χ2v) is 8.12. The molecule has 3 rings (SSSR count). The van der Waals surface area contributed by atoms with Crippen LogP contribution in [-0.2, 0) is 10.0 Å². The number of aryl methyl sites for hydroxylation is 1. The van der Waals surface area contributed by atoms with Crippen molar-refractivity contribution < 1.29 is 17.9 Å². The second-order valence-electron chi connectivity index (χ2n) is 6.06. The molecule has 1 aromatic heterocycles. The predicted octanol–water partition coefficient (Wildman–Crippen LogP) is 3.96. The van der Waals surface area contributed by atoms with Crippen molar-refractivity contribution in [3.05, 3.63) is 58.9 Å². The Morgan fingerprint density at radius 1 is 1.00 bits per heavy atom. The monoisotopic (exact) mass is 421 g/mol. The molecule has 1 N–H and O–H groups in total. The van der Waals surface area contributed by atoms with E-state index >= 15 is 0 Å². The van der Waals surface area contributed by atoms with Gasteiger partial charge in [0.2, 0.25) is 0 Å². The molecule has 9 heteroatoms. The minimum Gasteiger partial charge on any atom is -0.493 e. The van der Waals surface area contributed by atoms with Crippen molar-refractivity contribution in [3.63, 3.8) is 0 Å². The van der Waals surface area contributed by atoms with Gasteiger partial charge in [-0.3, -0.25) is 4.72 Å². The van der Waals surface area contributed by atoms with E-state index in [-0.39, 0.29) is 4.90 Å². The largest absolute Gasteiger partial charge is 0.493 e. The molecule has 1 heterocycles. The first kappa shape index (κ1) is 20.0. The number of ether oxygens (including phenoxy) is 2. The number of sulfonamides is 1. The van der Waals surface area contributed by atoms with E-state index in [1.807, 2.05) is 0 Å². The summed E-state index contributed by atoms with van der Waals surface area (Å²) in [6, 6.07) is 11.8. The molecular formula is C19H20ClN3O4S. The first-order valence-electron chi connectivity index (χ1n) is 8.34. The van der Waals surface area contributed by atoms with Gasteiger partial charge in [0.25, 0.3) is 10.0 Å². The summed E-state index contributed by atoms with van der Waals surface area (Å²) in [4.78, 5) is 0.122. The van der Waals surface area contributed by atoms with Crippen molar-refractivity contribution in [2.45, 2.75) is 18.7 Å². The van der Waals surface area contributed by atoms with Gasteiger partial charge in [0, 0.05) is 11.1 Å². The lowest BCUT2D eigenvalue weighted by Crippen LogP contribution is -2.15. The number of methoxy groups -OCH3 is 2. The molecule has 0 amide bonds. The quantitative estimate of drug-likeness (QED) is 0.651. The number of aromatic nitrogens is 2. The molecule has 0 saturated carbocycles. The zero-order valence-electron chi connectivity index (χ0n) is 15.9. The second kappa shape index (κ2) is 7.73. The van der Waals surface area contributed by atoms with Gasteiger partial charge in [0.15, 0.2) is 11.5 Å². The van der Waals surface area contributed by atoms with Crippen LogP contribution in [0.3, 0.4) is 0 Å². The zero-order chi connectivity index (χ0) is 20.5. The molecule has 0 aliphatic heterocycles. The van der Waals surface area contributed by atoms with Crippen LogP contribution in [0, 0.1) is 13.8 Å². The molecule has 0 aliphatic carbocycles. The Hall–Kier alpha value is -2.71. The maximum absolute atomic E-state index is 13.0. The molecule has 0 radical (unpaired) electrons. The average Bonchev–Trinajstić information content (AvgIpc) is 2.96. The normalized spacial score (nSPS) is 11.3. The predicted molar refractivity (Wildman–Crippen MR) is 108 cm³/mol. The molecule has 7 nitrogen and oxygen atoms in total. The molecule has 0 saturated heterocycles. The summed E-state index contributed by atoms with van der Waals surface area (Å²) in [5, 5.41) is 4.98. The number of nitrogens with zero attached hydrogens (tertiary/aromatic N) is 2. The van der Waals surface area contributed by atoms with Crippen molar-refractivity contribution in [1.82, 2.24) is 9.78 Å². The van der Waals surface area contributed by atoms with Crippen molar-refractivity contribution >= 4 is 27.3 Å². The SMILES string of the molecule is COc1ccc(NS(=O)(=O)c2c(C)nn(-c3ccc(Cl)cc3)c2C)cc1OC. The number of benzene rings is 2. The highest BCUT2D eigenvalue weighted by atomic mass is 35.5. The highest BCUT2D eigenvalue weighted by Crippen LogP contribution is 2.32. The van der Waals surface area contributed by atoms with Gasteiger partial charge in [-0.05, 0) is 50.2 Å². The van der Waals surface area contributed by atoms with Gasteiger partial charge in [-0.2, -0.15) is 5.10 Å². The maximum Gasteiger partial charge on any atom is 0.265 e. The third kappa shape index (κ3) is 3.79. The molecular weight excluding hydrogens is 402 g/mol. The number of hydrogen-bond acceptors (Lipinski definition) is 5. The molecule has 3 aromatic rings. The Labute approximate surface area is 168 Å². The van der Waals surface area contributed by atoms with Gasteiger partial charge in [-0.25, -0.2) is 13.1 Å². The highest BCUT2D eigenvalue weighted by Gasteiger charge is 2.25. The van der Waals surface area contributed by atoms with E-state index in [0.717, 1.165) is 5.69 Å². The third-order valence-corrected chi connectivity index (χ3v) is 6.09. The number of halogens is 1. The van der Waals surface area contributed by atoms with Gasteiger partial charge in [0.1, 0.15) is 4.90 Å². The first-order valence-corrected chi connectivity index (χ1v) is 10.2. The summed E-state index contributed by atoms with van der Waals surface area (Å²) >= 11 is 5.93. The highest BCUT2D eigenvalue weighted by molar-refractivity contribution is 7.92. The lowest BCUT2D eigenvalue weighted by Gasteiger charge is -2.12. The summed E-state index contributed by atoms with van der Waals surface area (Å²) in [5.41, 5.74) is 1.96. The topological polar surface area (TPSA) is 82.5 Å². The summed E-state index contributed by atoms with van der Waals surface area (Å²) in [6.07, 6.45) is 0. The van der Waals surface area contributed by atoms with Gasteiger partial charge >= 0.3 is 0 Å². The van der Waals surface area contributed by atoms with E-state index in [9.17, 15) is 8.42 Å². The number of hydrogen-bond donors (Lipinski definition) is 1. The molecule has 2 aromatic carbocycles. The molecule has 0 aliphatic rings. The van der Waals surface area contributed by atoms with E-state index in [4.69, 9.17) is 21.1 Å². The number of rotatable bonds is 6. The van der Waals surface area contributed by atoms with Gasteiger partial charge < -0.3 is 9.47 Å². The lowest BCUT2D eigenvalue weighted by atomic mass is 10.3. The van der Waals surface area contributed by atoms with Gasteiger partial charge in [-0.1, -0.05) is 11.6 Å². The van der Waals surface area contributed by atoms with Crippen LogP contribution in [0.1, 0.15) is 11.4 Å². The minimum atomic E-state index is -3.87. The summed E-state index contributed by atoms with van der Waals surface area (Å²) < 4.78 is 40.6. The molecule has 0 unspecified atom stereocenters. The zero-order valence-corrected chi connectivity index (χ0v) is 17.4. The summed E-state index contributed by atoms with van der Waals surface area (Å²) in [7, 11) is -0.870. The number of anilines is 1. The first-order chi connectivity index (χ1) is 13.3. The van der Waals surface area contributed by atoms with Crippen LogP contribution in [0.4, 0.5) is 5.69 Å². The smallest absolute Gasteiger partial charge is 0.265 e. The van der Waals surface area contributed by atoms with Crippen LogP contribution in [0.5, 0.6) is 11.5 Å². The van der Waals surface area contributed by atoms with E-state index in [0.29, 0.717) is 33.6 Å². The van der Waals surface area contributed by atoms with E-state index in [2.05, 4.69) is 9.82 Å². The van der Waals surface area contributed by atoms with Crippen LogP contribution in [-0.4, -0.2) is 32.4 Å². The van der Waals surface area contributed by atoms with Crippen molar-refractivity contribution in [3.8, 4) is 17.2 Å². The summed E-state index contributed by atoms with van der Waals surface area (Å²) in [6.45, 7) is 3.36. The summed E-state index contributed by atoms with van der Waals surface area (Å²) in [5.74, 6) is 0.932. The van der Waals surface area contributed by atoms with Crippen molar-refractivity contribution in [2.75, 3.05) is 18.9 Å². The third-order valence-electron chi connectivity index (χ3n) is 4.20. The molecule has 0 spiro atoms. The van der Waals surface area contributed by atoms with Crippen LogP contribution < -0.4 is 14.2 Å². The fourth-order valence-electron chi connectivity index (χ4n) is 2.96. The fourth-order valence-corrected chi connectivity index (χ4v) is 4.53. The van der Waals surface area contributed by atoms with Crippen LogP contribution >= 0.6 is 11.6 Å². The Morgan fingerprint density at radius 2 is 1.64 bits per heavy atom. The van der Waals surface area contributed by atoms with Gasteiger partial charge in [-0.15, -0.1) is 0 Å². The molecule has 28 heavy (non-hydrogen) atoms. The number of nitrogens with one attached hydrogen (secondary N) is 1. The Kier molecular flexibility index (Phi) is 5.53. The average molecular weight is 422 g/mol. The van der Waals surface area contributed by atoms with Crippen LogP contribution in [0.15, 0.2) is 47.4 Å². The van der Waals surface area contributed by atoms with Crippen molar-refractivity contribution in [1.29, 1.82) is 0 Å². The van der Waals surface area contributed by atoms with E-state index in [1.165, 1.54) is 14.2 Å². The Balaban J connectivity index is 2.00. The standard InChI is InChI=1S/C19H20ClN3O4S/c1-12-19(13(2)23(21-12)16-8-5-14(20)6-9-16)28(24,25)22-15-7-10-17(26-3)18(11-15)27-4/h5-11,22H,1-4H3. The van der Waals surface area contributed by atoms with Crippen LogP contribution in [0.25, 0.3) is 5.69 Å². The van der Waals surface area contributed by atoms with Crippen molar-refractivity contribution in [2.24, 2.45) is 0 Å². The Morgan fingerprint density at radius 3 is 2.25 bits per heavy atom. The molecule has 0 bridgehead atoms. The lowest BCUT2D eigenvalue weighted by molar-refractivity contribution is 0.355. The Bertz CT molecular complexity index is 1110. The van der Waals surface area contributed by atoms with E-state index < -0.39 is 10.0 Å². The van der Waals surface area contributed by atoms with Gasteiger partial charge in [0.05, 0.1) is 37.0 Å². The maximum atomic E-state index is 13.0.